The van der Waals surface area contributed by atoms with Crippen molar-refractivity contribution in [1.29, 1.82) is 0 Å². The quantitative estimate of drug-likeness (QED) is 0.514. The van der Waals surface area contributed by atoms with E-state index in [1.54, 1.807) is 0 Å². The fourth-order valence-corrected chi connectivity index (χ4v) is 3.10. The van der Waals surface area contributed by atoms with E-state index >= 15 is 0 Å². The highest BCUT2D eigenvalue weighted by Gasteiger charge is 2.45. The van der Waals surface area contributed by atoms with Crippen molar-refractivity contribution in [3.8, 4) is 0 Å². The molecule has 0 aromatic rings. The van der Waals surface area contributed by atoms with Gasteiger partial charge in [0.25, 0.3) is 0 Å². The lowest BCUT2D eigenvalue weighted by atomic mass is 9.72. The van der Waals surface area contributed by atoms with Gasteiger partial charge in [0, 0.05) is 18.6 Å². The summed E-state index contributed by atoms with van der Waals surface area (Å²) in [5.41, 5.74) is 6.19. The van der Waals surface area contributed by atoms with Crippen LogP contribution in [0.1, 0.15) is 19.3 Å². The summed E-state index contributed by atoms with van der Waals surface area (Å²) >= 11 is 0. The Balaban J connectivity index is 1.97. The number of hydrogen-bond acceptors (Lipinski definition) is 3. The summed E-state index contributed by atoms with van der Waals surface area (Å²) < 4.78 is 0. The van der Waals surface area contributed by atoms with Gasteiger partial charge in [-0.05, 0) is 44.8 Å². The second-order valence-electron chi connectivity index (χ2n) is 4.91. The minimum Gasteiger partial charge on any atom is -0.329 e. The molecule has 3 fully saturated rings. The fraction of sp³-hybridized carbons (Fsp3) is 0.833. The highest BCUT2D eigenvalue weighted by molar-refractivity contribution is 5.04. The molecule has 3 rings (SSSR count). The largest absolute Gasteiger partial charge is 0.329 e. The Labute approximate surface area is 92.7 Å². The summed E-state index contributed by atoms with van der Waals surface area (Å²) in [7, 11) is 0. The average molecular weight is 209 g/mol. The van der Waals surface area contributed by atoms with E-state index in [2.05, 4.69) is 16.8 Å². The van der Waals surface area contributed by atoms with E-state index < -0.39 is 0 Å². The molecule has 3 N–H and O–H groups in total. The monoisotopic (exact) mass is 209 g/mol. The third kappa shape index (κ3) is 2.10. The first-order valence-electron chi connectivity index (χ1n) is 6.09. The predicted molar refractivity (Wildman–Crippen MR) is 63.8 cm³/mol. The highest BCUT2D eigenvalue weighted by Crippen LogP contribution is 2.34. The molecule has 1 atom stereocenters. The van der Waals surface area contributed by atoms with Gasteiger partial charge in [-0.15, -0.1) is 6.58 Å². The van der Waals surface area contributed by atoms with Crippen molar-refractivity contribution in [3.05, 3.63) is 12.7 Å². The van der Waals surface area contributed by atoms with Gasteiger partial charge in [0.15, 0.2) is 0 Å². The lowest BCUT2D eigenvalue weighted by Gasteiger charge is -2.53. The van der Waals surface area contributed by atoms with Crippen molar-refractivity contribution in [1.82, 2.24) is 10.2 Å². The summed E-state index contributed by atoms with van der Waals surface area (Å²) in [6, 6.07) is 0. The van der Waals surface area contributed by atoms with Crippen LogP contribution in [0.4, 0.5) is 0 Å². The third-order valence-corrected chi connectivity index (χ3v) is 4.06. The Morgan fingerprint density at radius 1 is 1.47 bits per heavy atom. The van der Waals surface area contributed by atoms with Crippen LogP contribution in [0.15, 0.2) is 12.7 Å². The van der Waals surface area contributed by atoms with Gasteiger partial charge in [0.1, 0.15) is 0 Å². The number of fused-ring (bicyclic) bond motifs is 3. The smallest absolute Gasteiger partial charge is 0.0462 e. The van der Waals surface area contributed by atoms with Gasteiger partial charge in [-0.3, -0.25) is 0 Å². The molecule has 3 saturated heterocycles. The fourth-order valence-electron chi connectivity index (χ4n) is 3.10. The van der Waals surface area contributed by atoms with Gasteiger partial charge in [-0.2, -0.15) is 0 Å². The molecule has 3 heterocycles. The molecule has 3 aliphatic rings. The first kappa shape index (κ1) is 11.1. The van der Waals surface area contributed by atoms with Crippen molar-refractivity contribution in [2.24, 2.45) is 11.7 Å². The maximum Gasteiger partial charge on any atom is 0.0462 e. The lowest BCUT2D eigenvalue weighted by Crippen LogP contribution is -2.69. The highest BCUT2D eigenvalue weighted by atomic mass is 15.2. The van der Waals surface area contributed by atoms with Crippen LogP contribution in [0, 0.1) is 5.92 Å². The van der Waals surface area contributed by atoms with Crippen LogP contribution in [0.5, 0.6) is 0 Å². The van der Waals surface area contributed by atoms with Crippen molar-refractivity contribution < 1.29 is 0 Å². The second kappa shape index (κ2) is 4.64. The number of hydrogen-bond donors (Lipinski definition) is 2. The topological polar surface area (TPSA) is 41.3 Å². The summed E-state index contributed by atoms with van der Waals surface area (Å²) in [5, 5.41) is 3.68. The zero-order chi connectivity index (χ0) is 10.7. The van der Waals surface area contributed by atoms with Crippen LogP contribution in [0.3, 0.4) is 0 Å². The Bertz CT molecular complexity index is 221. The molecule has 0 saturated carbocycles. The molecule has 15 heavy (non-hydrogen) atoms. The summed E-state index contributed by atoms with van der Waals surface area (Å²) in [6.07, 6.45) is 5.64. The van der Waals surface area contributed by atoms with E-state index in [1.165, 1.54) is 25.9 Å². The van der Waals surface area contributed by atoms with Crippen LogP contribution in [0.2, 0.25) is 0 Å². The van der Waals surface area contributed by atoms with Gasteiger partial charge < -0.3 is 16.0 Å². The summed E-state index contributed by atoms with van der Waals surface area (Å²) in [6.45, 7) is 9.24. The number of piperidine rings is 3. The third-order valence-electron chi connectivity index (χ3n) is 4.06. The SMILES string of the molecule is C=CCCNC1(CN)CN2CCC1CC2. The van der Waals surface area contributed by atoms with E-state index in [4.69, 9.17) is 5.73 Å². The minimum atomic E-state index is 0.194. The molecule has 0 spiro atoms. The Hall–Kier alpha value is -0.380. The van der Waals surface area contributed by atoms with Crippen molar-refractivity contribution >= 4 is 0 Å². The summed E-state index contributed by atoms with van der Waals surface area (Å²) in [5.74, 6) is 0.789. The predicted octanol–water partition coefficient (Wildman–Crippen LogP) is 0.575. The van der Waals surface area contributed by atoms with Crippen molar-refractivity contribution in [2.45, 2.75) is 24.8 Å². The maximum atomic E-state index is 5.99. The zero-order valence-electron chi connectivity index (χ0n) is 9.54. The van der Waals surface area contributed by atoms with Crippen molar-refractivity contribution in [2.75, 3.05) is 32.7 Å². The molecule has 0 aromatic heterocycles. The van der Waals surface area contributed by atoms with Gasteiger partial charge in [0.2, 0.25) is 0 Å². The number of nitrogens with zero attached hydrogens (tertiary/aromatic N) is 1. The van der Waals surface area contributed by atoms with Crippen LogP contribution < -0.4 is 11.1 Å². The van der Waals surface area contributed by atoms with E-state index in [9.17, 15) is 0 Å². The van der Waals surface area contributed by atoms with Crippen LogP contribution in [0.25, 0.3) is 0 Å². The molecule has 0 aliphatic carbocycles. The summed E-state index contributed by atoms with van der Waals surface area (Å²) in [4.78, 5) is 2.55. The van der Waals surface area contributed by atoms with Crippen LogP contribution >= 0.6 is 0 Å². The molecule has 0 radical (unpaired) electrons. The molecular formula is C12H23N3. The first-order valence-corrected chi connectivity index (χ1v) is 6.09. The molecule has 2 bridgehead atoms. The number of rotatable bonds is 5. The lowest BCUT2D eigenvalue weighted by molar-refractivity contribution is 0.0115. The molecular weight excluding hydrogens is 186 g/mol. The standard InChI is InChI=1S/C12H23N3/c1-2-3-6-14-12(9-13)10-15-7-4-11(12)5-8-15/h2,11,14H,1,3-10,13H2. The Morgan fingerprint density at radius 2 is 2.20 bits per heavy atom. The van der Waals surface area contributed by atoms with E-state index in [-0.39, 0.29) is 5.54 Å². The van der Waals surface area contributed by atoms with Gasteiger partial charge in [-0.25, -0.2) is 0 Å². The molecule has 0 aromatic carbocycles. The molecule has 3 aliphatic heterocycles. The number of nitrogens with two attached hydrogens (primary N) is 1. The molecule has 3 heteroatoms. The normalized spacial score (nSPS) is 39.3. The number of nitrogens with one attached hydrogen (secondary N) is 1. The van der Waals surface area contributed by atoms with E-state index in [0.29, 0.717) is 0 Å². The van der Waals surface area contributed by atoms with Gasteiger partial charge >= 0.3 is 0 Å². The zero-order valence-corrected chi connectivity index (χ0v) is 9.54. The van der Waals surface area contributed by atoms with E-state index in [0.717, 1.165) is 32.0 Å². The molecule has 3 nitrogen and oxygen atoms in total. The van der Waals surface area contributed by atoms with Gasteiger partial charge in [0.05, 0.1) is 0 Å². The Kier molecular flexibility index (Phi) is 3.44. The molecule has 86 valence electrons. The maximum absolute atomic E-state index is 5.99. The molecule has 0 amide bonds. The van der Waals surface area contributed by atoms with Crippen molar-refractivity contribution in [3.63, 3.8) is 0 Å². The second-order valence-corrected chi connectivity index (χ2v) is 4.91. The average Bonchev–Trinajstić information content (AvgIpc) is 2.31. The van der Waals surface area contributed by atoms with Crippen LogP contribution in [-0.2, 0) is 0 Å². The minimum absolute atomic E-state index is 0.194. The van der Waals surface area contributed by atoms with Crippen LogP contribution in [-0.4, -0.2) is 43.2 Å². The van der Waals surface area contributed by atoms with E-state index in [1.807, 2.05) is 6.08 Å². The first-order chi connectivity index (χ1) is 7.30. The van der Waals surface area contributed by atoms with Gasteiger partial charge in [-0.1, -0.05) is 6.08 Å². The molecule has 1 unspecified atom stereocenters. The Morgan fingerprint density at radius 3 is 2.67 bits per heavy atom.